The van der Waals surface area contributed by atoms with E-state index in [0.29, 0.717) is 10.8 Å². The Bertz CT molecular complexity index is 228. The Balaban J connectivity index is 1.75. The lowest BCUT2D eigenvalue weighted by Gasteiger charge is -2.37. The third-order valence-corrected chi connectivity index (χ3v) is 5.52. The van der Waals surface area contributed by atoms with Crippen molar-refractivity contribution in [3.05, 3.63) is 0 Å². The highest BCUT2D eigenvalue weighted by Crippen LogP contribution is 2.41. The molecule has 0 amide bonds. The maximum Gasteiger partial charge on any atom is 0.00676 e. The molecule has 1 N–H and O–H groups in total. The second-order valence-electron chi connectivity index (χ2n) is 7.38. The molecule has 1 heteroatoms. The van der Waals surface area contributed by atoms with Gasteiger partial charge < -0.3 is 5.32 Å². The predicted molar refractivity (Wildman–Crippen MR) is 75.2 cm³/mol. The fourth-order valence-corrected chi connectivity index (χ4v) is 3.74. The molecule has 17 heavy (non-hydrogen) atoms. The second-order valence-corrected chi connectivity index (χ2v) is 7.38. The lowest BCUT2D eigenvalue weighted by Crippen LogP contribution is -2.41. The SMILES string of the molecule is CCC1(CNC2CCC(C)(C)CC2)CCCC1. The maximum absolute atomic E-state index is 3.89. The quantitative estimate of drug-likeness (QED) is 0.758. The molecule has 0 unspecified atom stereocenters. The smallest absolute Gasteiger partial charge is 0.00676 e. The van der Waals surface area contributed by atoms with Crippen LogP contribution in [-0.2, 0) is 0 Å². The van der Waals surface area contributed by atoms with Crippen LogP contribution in [-0.4, -0.2) is 12.6 Å². The van der Waals surface area contributed by atoms with Gasteiger partial charge in [-0.1, -0.05) is 33.6 Å². The molecule has 0 spiro atoms. The topological polar surface area (TPSA) is 12.0 Å². The van der Waals surface area contributed by atoms with Gasteiger partial charge in [0.2, 0.25) is 0 Å². The van der Waals surface area contributed by atoms with Crippen molar-refractivity contribution >= 4 is 0 Å². The Hall–Kier alpha value is -0.0400. The van der Waals surface area contributed by atoms with Crippen molar-refractivity contribution in [2.75, 3.05) is 6.54 Å². The van der Waals surface area contributed by atoms with Gasteiger partial charge in [-0.05, 0) is 55.8 Å². The molecular formula is C16H31N. The van der Waals surface area contributed by atoms with Crippen LogP contribution < -0.4 is 5.32 Å². The van der Waals surface area contributed by atoms with E-state index in [9.17, 15) is 0 Å². The molecule has 2 aliphatic carbocycles. The highest BCUT2D eigenvalue weighted by Gasteiger charge is 2.33. The van der Waals surface area contributed by atoms with Crippen molar-refractivity contribution < 1.29 is 0 Å². The average molecular weight is 237 g/mol. The molecule has 1 nitrogen and oxygen atoms in total. The van der Waals surface area contributed by atoms with E-state index in [1.165, 1.54) is 64.3 Å². The van der Waals surface area contributed by atoms with Gasteiger partial charge in [0, 0.05) is 12.6 Å². The monoisotopic (exact) mass is 237 g/mol. The summed E-state index contributed by atoms with van der Waals surface area (Å²) in [6.07, 6.45) is 12.8. The van der Waals surface area contributed by atoms with E-state index in [1.54, 1.807) is 0 Å². The van der Waals surface area contributed by atoms with Crippen LogP contribution in [0.1, 0.15) is 78.6 Å². The van der Waals surface area contributed by atoms with Gasteiger partial charge in [0.15, 0.2) is 0 Å². The van der Waals surface area contributed by atoms with Gasteiger partial charge >= 0.3 is 0 Å². The fourth-order valence-electron chi connectivity index (χ4n) is 3.74. The summed E-state index contributed by atoms with van der Waals surface area (Å²) >= 11 is 0. The van der Waals surface area contributed by atoms with Crippen molar-refractivity contribution in [3.63, 3.8) is 0 Å². The molecule has 2 aliphatic rings. The van der Waals surface area contributed by atoms with Crippen LogP contribution in [0.2, 0.25) is 0 Å². The molecule has 0 aromatic heterocycles. The molecule has 2 saturated carbocycles. The molecular weight excluding hydrogens is 206 g/mol. The summed E-state index contributed by atoms with van der Waals surface area (Å²) in [5.74, 6) is 0. The summed E-state index contributed by atoms with van der Waals surface area (Å²) in [6, 6.07) is 0.812. The largest absolute Gasteiger partial charge is 0.313 e. The van der Waals surface area contributed by atoms with Crippen molar-refractivity contribution in [2.24, 2.45) is 10.8 Å². The second kappa shape index (κ2) is 5.30. The number of hydrogen-bond donors (Lipinski definition) is 1. The van der Waals surface area contributed by atoms with Gasteiger partial charge in [0.25, 0.3) is 0 Å². The zero-order valence-corrected chi connectivity index (χ0v) is 12.1. The van der Waals surface area contributed by atoms with E-state index in [1.807, 2.05) is 0 Å². The minimum absolute atomic E-state index is 0.605. The predicted octanol–water partition coefficient (Wildman–Crippen LogP) is 4.52. The molecule has 0 heterocycles. The molecule has 0 aromatic rings. The molecule has 2 rings (SSSR count). The number of nitrogens with one attached hydrogen (secondary N) is 1. The van der Waals surface area contributed by atoms with Crippen LogP contribution in [0.3, 0.4) is 0 Å². The lowest BCUT2D eigenvalue weighted by molar-refractivity contribution is 0.184. The Morgan fingerprint density at radius 1 is 1.00 bits per heavy atom. The van der Waals surface area contributed by atoms with Crippen molar-refractivity contribution in [1.29, 1.82) is 0 Å². The van der Waals surface area contributed by atoms with E-state index in [2.05, 4.69) is 26.1 Å². The molecule has 0 bridgehead atoms. The van der Waals surface area contributed by atoms with Crippen LogP contribution in [0, 0.1) is 10.8 Å². The summed E-state index contributed by atoms with van der Waals surface area (Å²) in [6.45, 7) is 8.52. The molecule has 0 radical (unpaired) electrons. The zero-order chi connectivity index (χ0) is 12.4. The normalized spacial score (nSPS) is 28.4. The summed E-state index contributed by atoms with van der Waals surface area (Å²) in [7, 11) is 0. The van der Waals surface area contributed by atoms with Gasteiger partial charge in [-0.25, -0.2) is 0 Å². The standard InChI is InChI=1S/C16H31N/c1-4-16(9-5-6-10-16)13-17-14-7-11-15(2,3)12-8-14/h14,17H,4-13H2,1-3H3. The van der Waals surface area contributed by atoms with Gasteiger partial charge in [-0.3, -0.25) is 0 Å². The fraction of sp³-hybridized carbons (Fsp3) is 1.00. The van der Waals surface area contributed by atoms with Gasteiger partial charge in [-0.15, -0.1) is 0 Å². The number of rotatable bonds is 4. The molecule has 100 valence electrons. The van der Waals surface area contributed by atoms with Crippen LogP contribution in [0.5, 0.6) is 0 Å². The molecule has 0 atom stereocenters. The van der Waals surface area contributed by atoms with E-state index < -0.39 is 0 Å². The van der Waals surface area contributed by atoms with Crippen LogP contribution in [0.25, 0.3) is 0 Å². The Labute approximate surface area is 108 Å². The molecule has 2 fully saturated rings. The third-order valence-electron chi connectivity index (χ3n) is 5.52. The Morgan fingerprint density at radius 2 is 1.59 bits per heavy atom. The number of hydrogen-bond acceptors (Lipinski definition) is 1. The maximum atomic E-state index is 3.89. The minimum Gasteiger partial charge on any atom is -0.313 e. The van der Waals surface area contributed by atoms with E-state index in [-0.39, 0.29) is 0 Å². The minimum atomic E-state index is 0.605. The van der Waals surface area contributed by atoms with Crippen LogP contribution in [0.4, 0.5) is 0 Å². The van der Waals surface area contributed by atoms with Gasteiger partial charge in [0.05, 0.1) is 0 Å². The van der Waals surface area contributed by atoms with E-state index in [4.69, 9.17) is 0 Å². The lowest BCUT2D eigenvalue weighted by atomic mass is 9.75. The van der Waals surface area contributed by atoms with Crippen LogP contribution >= 0.6 is 0 Å². The summed E-state index contributed by atoms with van der Waals surface area (Å²) in [5, 5.41) is 3.89. The molecule has 0 aliphatic heterocycles. The first-order valence-electron chi connectivity index (χ1n) is 7.79. The molecule has 0 saturated heterocycles. The first-order chi connectivity index (χ1) is 8.05. The van der Waals surface area contributed by atoms with Gasteiger partial charge in [0.1, 0.15) is 0 Å². The molecule has 0 aromatic carbocycles. The zero-order valence-electron chi connectivity index (χ0n) is 12.1. The van der Waals surface area contributed by atoms with Gasteiger partial charge in [-0.2, -0.15) is 0 Å². The van der Waals surface area contributed by atoms with E-state index in [0.717, 1.165) is 6.04 Å². The third kappa shape index (κ3) is 3.47. The highest BCUT2D eigenvalue weighted by molar-refractivity contribution is 4.88. The Morgan fingerprint density at radius 3 is 2.12 bits per heavy atom. The van der Waals surface area contributed by atoms with Crippen molar-refractivity contribution in [3.8, 4) is 0 Å². The van der Waals surface area contributed by atoms with E-state index >= 15 is 0 Å². The summed E-state index contributed by atoms with van der Waals surface area (Å²) in [4.78, 5) is 0. The van der Waals surface area contributed by atoms with Crippen LogP contribution in [0.15, 0.2) is 0 Å². The summed E-state index contributed by atoms with van der Waals surface area (Å²) in [5.41, 5.74) is 1.26. The Kier molecular flexibility index (Phi) is 4.18. The van der Waals surface area contributed by atoms with Crippen molar-refractivity contribution in [1.82, 2.24) is 5.32 Å². The first kappa shape index (κ1) is 13.4. The average Bonchev–Trinajstić information content (AvgIpc) is 2.77. The highest BCUT2D eigenvalue weighted by atomic mass is 14.9. The van der Waals surface area contributed by atoms with Crippen molar-refractivity contribution in [2.45, 2.75) is 84.6 Å². The first-order valence-corrected chi connectivity index (χ1v) is 7.79. The summed E-state index contributed by atoms with van der Waals surface area (Å²) < 4.78 is 0.